The van der Waals surface area contributed by atoms with Crippen LogP contribution in [-0.4, -0.2) is 14.3 Å². The number of benzene rings is 2. The normalized spacial score (nSPS) is 11.3. The zero-order chi connectivity index (χ0) is 23.1. The van der Waals surface area contributed by atoms with E-state index in [4.69, 9.17) is 0 Å². The van der Waals surface area contributed by atoms with E-state index in [0.717, 1.165) is 12.8 Å². The van der Waals surface area contributed by atoms with Gasteiger partial charge in [0.05, 0.1) is 4.90 Å². The van der Waals surface area contributed by atoms with E-state index in [1.165, 1.54) is 69.9 Å². The lowest BCUT2D eigenvalue weighted by Crippen LogP contribution is -2.14. The van der Waals surface area contributed by atoms with Gasteiger partial charge in [-0.05, 0) is 42.8 Å². The van der Waals surface area contributed by atoms with Gasteiger partial charge in [-0.1, -0.05) is 89.3 Å². The Bertz CT molecular complexity index is 881. The van der Waals surface area contributed by atoms with Crippen LogP contribution >= 0.6 is 0 Å². The predicted molar refractivity (Wildman–Crippen MR) is 133 cm³/mol. The summed E-state index contributed by atoms with van der Waals surface area (Å²) in [4.78, 5) is 12.3. The van der Waals surface area contributed by atoms with Crippen LogP contribution in [0.25, 0.3) is 0 Å². The number of unbranched alkanes of at least 4 members (excludes halogenated alkanes) is 10. The molecule has 0 fully saturated rings. The SMILES string of the molecule is CCCCCCCCCCCCCC(=O)Nc1ccc(S(=O)(=O)Nc2ccccc2)cc1. The molecule has 0 atom stereocenters. The lowest BCUT2D eigenvalue weighted by Gasteiger charge is -2.09. The van der Waals surface area contributed by atoms with E-state index >= 15 is 0 Å². The molecule has 2 aromatic carbocycles. The molecule has 1 amide bonds. The second-order valence-corrected chi connectivity index (χ2v) is 10.0. The fourth-order valence-corrected chi connectivity index (χ4v) is 4.67. The lowest BCUT2D eigenvalue weighted by molar-refractivity contribution is -0.116. The Morgan fingerprint density at radius 1 is 0.688 bits per heavy atom. The van der Waals surface area contributed by atoms with E-state index in [-0.39, 0.29) is 10.8 Å². The first kappa shape index (κ1) is 25.9. The van der Waals surface area contributed by atoms with Crippen molar-refractivity contribution in [1.29, 1.82) is 0 Å². The summed E-state index contributed by atoms with van der Waals surface area (Å²) in [6.07, 6.45) is 14.3. The molecule has 6 heteroatoms. The molecule has 0 aliphatic carbocycles. The molecule has 2 N–H and O–H groups in total. The molecule has 0 unspecified atom stereocenters. The number of para-hydroxylation sites is 1. The maximum absolute atomic E-state index is 12.5. The summed E-state index contributed by atoms with van der Waals surface area (Å²) in [6, 6.07) is 15.0. The van der Waals surface area contributed by atoms with Gasteiger partial charge in [0.15, 0.2) is 0 Å². The summed E-state index contributed by atoms with van der Waals surface area (Å²) < 4.78 is 27.5. The quantitative estimate of drug-likeness (QED) is 0.263. The van der Waals surface area contributed by atoms with E-state index in [0.29, 0.717) is 17.8 Å². The number of rotatable bonds is 16. The zero-order valence-corrected chi connectivity index (χ0v) is 20.1. The molecule has 0 spiro atoms. The van der Waals surface area contributed by atoms with Crippen molar-refractivity contribution in [3.8, 4) is 0 Å². The Balaban J connectivity index is 1.61. The van der Waals surface area contributed by atoms with E-state index in [1.54, 1.807) is 36.4 Å². The van der Waals surface area contributed by atoms with Crippen LogP contribution in [0.3, 0.4) is 0 Å². The summed E-state index contributed by atoms with van der Waals surface area (Å²) >= 11 is 0. The molecule has 2 aromatic rings. The second-order valence-electron chi connectivity index (χ2n) is 8.33. The standard InChI is InChI=1S/C26H38N2O3S/c1-2-3-4-5-6-7-8-9-10-11-15-18-26(29)27-23-19-21-25(22-20-23)32(30,31)28-24-16-13-12-14-17-24/h12-14,16-17,19-22,28H,2-11,15,18H2,1H3,(H,27,29). The molecular formula is C26H38N2O3S. The average molecular weight is 459 g/mol. The Labute approximate surface area is 194 Å². The van der Waals surface area contributed by atoms with Crippen LogP contribution in [0.1, 0.15) is 84.0 Å². The molecule has 176 valence electrons. The Kier molecular flexibility index (Phi) is 11.9. The topological polar surface area (TPSA) is 75.3 Å². The summed E-state index contributed by atoms with van der Waals surface area (Å²) in [5.41, 5.74) is 1.12. The molecule has 0 saturated heterocycles. The Hall–Kier alpha value is -2.34. The van der Waals surface area contributed by atoms with E-state index in [1.807, 2.05) is 6.07 Å². The van der Waals surface area contributed by atoms with Gasteiger partial charge in [0, 0.05) is 17.8 Å². The number of hydrogen-bond acceptors (Lipinski definition) is 3. The minimum Gasteiger partial charge on any atom is -0.326 e. The number of nitrogens with one attached hydrogen (secondary N) is 2. The van der Waals surface area contributed by atoms with Crippen molar-refractivity contribution >= 4 is 27.3 Å². The maximum atomic E-state index is 12.5. The van der Waals surface area contributed by atoms with Crippen molar-refractivity contribution in [2.75, 3.05) is 10.0 Å². The molecule has 0 bridgehead atoms. The highest BCUT2D eigenvalue weighted by molar-refractivity contribution is 7.92. The molecule has 0 aliphatic heterocycles. The van der Waals surface area contributed by atoms with Gasteiger partial charge < -0.3 is 5.32 Å². The number of hydrogen-bond donors (Lipinski definition) is 2. The van der Waals surface area contributed by atoms with Crippen molar-refractivity contribution in [2.45, 2.75) is 88.9 Å². The Morgan fingerprint density at radius 2 is 1.22 bits per heavy atom. The van der Waals surface area contributed by atoms with Gasteiger partial charge in [-0.15, -0.1) is 0 Å². The fourth-order valence-electron chi connectivity index (χ4n) is 3.61. The third-order valence-corrected chi connectivity index (χ3v) is 6.88. The minimum absolute atomic E-state index is 0.0288. The number of anilines is 2. The zero-order valence-electron chi connectivity index (χ0n) is 19.3. The highest BCUT2D eigenvalue weighted by Gasteiger charge is 2.14. The minimum atomic E-state index is -3.65. The van der Waals surface area contributed by atoms with Crippen LogP contribution in [0.4, 0.5) is 11.4 Å². The first-order valence-corrected chi connectivity index (χ1v) is 13.5. The van der Waals surface area contributed by atoms with Gasteiger partial charge in [0.25, 0.3) is 10.0 Å². The fraction of sp³-hybridized carbons (Fsp3) is 0.500. The monoisotopic (exact) mass is 458 g/mol. The molecule has 5 nitrogen and oxygen atoms in total. The molecule has 0 aliphatic rings. The predicted octanol–water partition coefficient (Wildman–Crippen LogP) is 7.13. The van der Waals surface area contributed by atoms with Crippen LogP contribution in [0, 0.1) is 0 Å². The lowest BCUT2D eigenvalue weighted by atomic mass is 10.1. The molecular weight excluding hydrogens is 420 g/mol. The molecule has 0 radical (unpaired) electrons. The van der Waals surface area contributed by atoms with Crippen LogP contribution < -0.4 is 10.0 Å². The molecule has 32 heavy (non-hydrogen) atoms. The molecule has 0 saturated carbocycles. The van der Waals surface area contributed by atoms with Gasteiger partial charge >= 0.3 is 0 Å². The van der Waals surface area contributed by atoms with Gasteiger partial charge in [0.1, 0.15) is 0 Å². The van der Waals surface area contributed by atoms with Gasteiger partial charge in [-0.25, -0.2) is 8.42 Å². The van der Waals surface area contributed by atoms with E-state index in [9.17, 15) is 13.2 Å². The van der Waals surface area contributed by atoms with Crippen LogP contribution in [0.15, 0.2) is 59.5 Å². The first-order valence-electron chi connectivity index (χ1n) is 12.0. The summed E-state index contributed by atoms with van der Waals surface area (Å²) in [5, 5.41) is 2.85. The number of carbonyl (C=O) groups excluding carboxylic acids is 1. The molecule has 0 aromatic heterocycles. The van der Waals surface area contributed by atoms with Crippen LogP contribution in [-0.2, 0) is 14.8 Å². The maximum Gasteiger partial charge on any atom is 0.261 e. The van der Waals surface area contributed by atoms with Gasteiger partial charge in [-0.3, -0.25) is 9.52 Å². The van der Waals surface area contributed by atoms with E-state index in [2.05, 4.69) is 17.0 Å². The number of carbonyl (C=O) groups is 1. The Morgan fingerprint density at radius 3 is 1.78 bits per heavy atom. The van der Waals surface area contributed by atoms with Crippen molar-refractivity contribution in [3.63, 3.8) is 0 Å². The summed E-state index contributed by atoms with van der Waals surface area (Å²) in [6.45, 7) is 2.24. The summed E-state index contributed by atoms with van der Waals surface area (Å²) in [5.74, 6) is -0.0288. The van der Waals surface area contributed by atoms with Crippen LogP contribution in [0.2, 0.25) is 0 Å². The van der Waals surface area contributed by atoms with Gasteiger partial charge in [0.2, 0.25) is 5.91 Å². The van der Waals surface area contributed by atoms with Crippen molar-refractivity contribution in [3.05, 3.63) is 54.6 Å². The van der Waals surface area contributed by atoms with Crippen LogP contribution in [0.5, 0.6) is 0 Å². The summed E-state index contributed by atoms with van der Waals surface area (Å²) in [7, 11) is -3.65. The van der Waals surface area contributed by atoms with E-state index < -0.39 is 10.0 Å². The molecule has 2 rings (SSSR count). The third kappa shape index (κ3) is 10.3. The first-order chi connectivity index (χ1) is 15.5. The number of amides is 1. The van der Waals surface area contributed by atoms with Crippen molar-refractivity contribution in [1.82, 2.24) is 0 Å². The highest BCUT2D eigenvalue weighted by atomic mass is 32.2. The number of sulfonamides is 1. The highest BCUT2D eigenvalue weighted by Crippen LogP contribution is 2.18. The largest absolute Gasteiger partial charge is 0.326 e. The van der Waals surface area contributed by atoms with Crippen molar-refractivity contribution in [2.24, 2.45) is 0 Å². The average Bonchev–Trinajstić information content (AvgIpc) is 2.78. The third-order valence-electron chi connectivity index (χ3n) is 5.48. The van der Waals surface area contributed by atoms with Crippen molar-refractivity contribution < 1.29 is 13.2 Å². The molecule has 0 heterocycles. The second kappa shape index (κ2) is 14.7. The van der Waals surface area contributed by atoms with Gasteiger partial charge in [-0.2, -0.15) is 0 Å². The smallest absolute Gasteiger partial charge is 0.261 e.